The molecule has 0 saturated carbocycles. The van der Waals surface area contributed by atoms with Crippen LogP contribution in [0.5, 0.6) is 0 Å². The van der Waals surface area contributed by atoms with Crippen LogP contribution in [0.3, 0.4) is 0 Å². The van der Waals surface area contributed by atoms with Gasteiger partial charge in [0.15, 0.2) is 0 Å². The highest BCUT2D eigenvalue weighted by Gasteiger charge is 2.17. The highest BCUT2D eigenvalue weighted by molar-refractivity contribution is 7.71. The molecule has 2 heterocycles. The van der Waals surface area contributed by atoms with Crippen LogP contribution in [0.1, 0.15) is 12.2 Å². The predicted molar refractivity (Wildman–Crippen MR) is 44.3 cm³/mol. The number of ether oxygens (including phenoxy) is 1. The third-order valence-corrected chi connectivity index (χ3v) is 2.16. The van der Waals surface area contributed by atoms with Gasteiger partial charge in [-0.3, -0.25) is 0 Å². The lowest BCUT2D eigenvalue weighted by Crippen LogP contribution is -2.04. The van der Waals surface area contributed by atoms with Crippen LogP contribution in [-0.4, -0.2) is 23.4 Å². The van der Waals surface area contributed by atoms with Gasteiger partial charge in [0.05, 0.1) is 0 Å². The molecule has 0 amide bonds. The molecule has 1 aromatic rings. The molecule has 1 fully saturated rings. The van der Waals surface area contributed by atoms with Crippen LogP contribution in [0.2, 0.25) is 0 Å². The van der Waals surface area contributed by atoms with E-state index in [1.165, 1.54) is 0 Å². The summed E-state index contributed by atoms with van der Waals surface area (Å²) >= 11 is 4.73. The van der Waals surface area contributed by atoms with Crippen LogP contribution < -0.4 is 0 Å². The monoisotopic (exact) mass is 186 g/mol. The zero-order valence-corrected chi connectivity index (χ0v) is 7.39. The van der Waals surface area contributed by atoms with E-state index >= 15 is 0 Å². The zero-order valence-electron chi connectivity index (χ0n) is 6.58. The van der Waals surface area contributed by atoms with Gasteiger partial charge < -0.3 is 9.26 Å². The molecule has 0 aliphatic carbocycles. The van der Waals surface area contributed by atoms with Crippen molar-refractivity contribution in [2.75, 3.05) is 13.2 Å². The maximum Gasteiger partial charge on any atom is 0.314 e. The Morgan fingerprint density at radius 3 is 3.17 bits per heavy atom. The Balaban J connectivity index is 1.98. The summed E-state index contributed by atoms with van der Waals surface area (Å²) in [5, 5.41) is 2.69. The first-order valence-corrected chi connectivity index (χ1v) is 4.37. The molecule has 0 aromatic carbocycles. The van der Waals surface area contributed by atoms with Crippen molar-refractivity contribution in [3.63, 3.8) is 0 Å². The van der Waals surface area contributed by atoms with E-state index in [0.717, 1.165) is 31.9 Å². The van der Waals surface area contributed by atoms with Gasteiger partial charge in [0.1, 0.15) is 5.82 Å². The van der Waals surface area contributed by atoms with Crippen LogP contribution in [0.15, 0.2) is 4.52 Å². The summed E-state index contributed by atoms with van der Waals surface area (Å²) in [5.74, 6) is 1.40. The van der Waals surface area contributed by atoms with E-state index in [9.17, 15) is 0 Å². The average Bonchev–Trinajstić information content (AvgIpc) is 2.63. The molecule has 0 bridgehead atoms. The summed E-state index contributed by atoms with van der Waals surface area (Å²) < 4.78 is 10.1. The maximum atomic E-state index is 5.24. The zero-order chi connectivity index (χ0) is 8.39. The number of hydrogen-bond donors (Lipinski definition) is 1. The number of aromatic amines is 1. The molecular weight excluding hydrogens is 176 g/mol. The molecule has 1 unspecified atom stereocenters. The Morgan fingerprint density at radius 1 is 1.67 bits per heavy atom. The van der Waals surface area contributed by atoms with E-state index in [1.807, 2.05) is 0 Å². The molecule has 0 radical (unpaired) electrons. The van der Waals surface area contributed by atoms with E-state index < -0.39 is 0 Å². The Hall–Kier alpha value is -0.680. The van der Waals surface area contributed by atoms with Crippen molar-refractivity contribution in [1.29, 1.82) is 0 Å². The maximum absolute atomic E-state index is 5.24. The van der Waals surface area contributed by atoms with Crippen LogP contribution >= 0.6 is 12.2 Å². The molecule has 1 atom stereocenters. The minimum absolute atomic E-state index is 0.281. The fourth-order valence-corrected chi connectivity index (χ4v) is 1.52. The summed E-state index contributed by atoms with van der Waals surface area (Å²) in [6, 6.07) is 0. The molecule has 66 valence electrons. The lowest BCUT2D eigenvalue weighted by molar-refractivity contribution is 0.185. The second-order valence-corrected chi connectivity index (χ2v) is 3.31. The van der Waals surface area contributed by atoms with Crippen molar-refractivity contribution < 1.29 is 9.26 Å². The summed E-state index contributed by atoms with van der Waals surface area (Å²) in [6.45, 7) is 1.69. The van der Waals surface area contributed by atoms with Gasteiger partial charge in [-0.1, -0.05) is 0 Å². The highest BCUT2D eigenvalue weighted by atomic mass is 32.1. The highest BCUT2D eigenvalue weighted by Crippen LogP contribution is 2.15. The van der Waals surface area contributed by atoms with Crippen LogP contribution in [0.25, 0.3) is 0 Å². The van der Waals surface area contributed by atoms with E-state index in [0.29, 0.717) is 5.92 Å². The lowest BCUT2D eigenvalue weighted by Gasteiger charge is -2.01. The van der Waals surface area contributed by atoms with Crippen molar-refractivity contribution in [3.8, 4) is 0 Å². The average molecular weight is 186 g/mol. The number of H-pyrrole nitrogens is 1. The van der Waals surface area contributed by atoms with Crippen molar-refractivity contribution in [1.82, 2.24) is 10.1 Å². The van der Waals surface area contributed by atoms with E-state index in [4.69, 9.17) is 21.5 Å². The summed E-state index contributed by atoms with van der Waals surface area (Å²) in [4.78, 5) is 4.29. The predicted octanol–water partition coefficient (Wildman–Crippen LogP) is 1.31. The largest absolute Gasteiger partial charge is 0.381 e. The van der Waals surface area contributed by atoms with Gasteiger partial charge in [0.25, 0.3) is 0 Å². The summed E-state index contributed by atoms with van der Waals surface area (Å²) in [6.07, 6.45) is 1.98. The van der Waals surface area contributed by atoms with Crippen molar-refractivity contribution in [2.24, 2.45) is 5.92 Å². The lowest BCUT2D eigenvalue weighted by atomic mass is 10.1. The second-order valence-electron chi connectivity index (χ2n) is 2.96. The van der Waals surface area contributed by atoms with Crippen molar-refractivity contribution in [3.05, 3.63) is 10.7 Å². The van der Waals surface area contributed by atoms with Crippen molar-refractivity contribution >= 4 is 12.2 Å². The van der Waals surface area contributed by atoms with Crippen LogP contribution in [0.4, 0.5) is 0 Å². The quantitative estimate of drug-likeness (QED) is 0.707. The molecule has 12 heavy (non-hydrogen) atoms. The number of nitrogens with one attached hydrogen (secondary N) is 1. The minimum atomic E-state index is 0.281. The Kier molecular flexibility index (Phi) is 2.23. The number of hydrogen-bond acceptors (Lipinski definition) is 4. The number of rotatable bonds is 2. The molecule has 1 saturated heterocycles. The molecule has 1 aliphatic heterocycles. The SMILES string of the molecule is S=c1nc(CC2CCOC2)[nH]o1. The third-order valence-electron chi connectivity index (χ3n) is 1.99. The van der Waals surface area contributed by atoms with Crippen molar-refractivity contribution in [2.45, 2.75) is 12.8 Å². The first-order chi connectivity index (χ1) is 5.84. The summed E-state index contributed by atoms with van der Waals surface area (Å²) in [7, 11) is 0. The van der Waals surface area contributed by atoms with Crippen LogP contribution in [-0.2, 0) is 11.2 Å². The Bertz CT molecular complexity index is 300. The fourth-order valence-electron chi connectivity index (χ4n) is 1.36. The first kappa shape index (κ1) is 7.94. The van der Waals surface area contributed by atoms with E-state index in [1.54, 1.807) is 0 Å². The molecule has 0 spiro atoms. The molecule has 1 aliphatic rings. The molecule has 5 heteroatoms. The molecular formula is C7H10N2O2S. The van der Waals surface area contributed by atoms with E-state index in [-0.39, 0.29) is 4.84 Å². The summed E-state index contributed by atoms with van der Waals surface area (Å²) in [5.41, 5.74) is 0. The van der Waals surface area contributed by atoms with Gasteiger partial charge in [0.2, 0.25) is 0 Å². The van der Waals surface area contributed by atoms with E-state index in [2.05, 4.69) is 10.1 Å². The molecule has 1 N–H and O–H groups in total. The van der Waals surface area contributed by atoms with Gasteiger partial charge in [-0.15, -0.1) is 0 Å². The third kappa shape index (κ3) is 1.73. The normalized spacial score (nSPS) is 23.2. The topological polar surface area (TPSA) is 51.0 Å². The minimum Gasteiger partial charge on any atom is -0.381 e. The fraction of sp³-hybridized carbons (Fsp3) is 0.714. The van der Waals surface area contributed by atoms with Gasteiger partial charge in [0, 0.05) is 19.6 Å². The smallest absolute Gasteiger partial charge is 0.314 e. The molecule has 2 rings (SSSR count). The van der Waals surface area contributed by atoms with Gasteiger partial charge in [-0.2, -0.15) is 4.98 Å². The van der Waals surface area contributed by atoms with Gasteiger partial charge in [-0.25, -0.2) is 5.16 Å². The molecule has 1 aromatic heterocycles. The second kappa shape index (κ2) is 3.37. The number of aromatic nitrogens is 2. The van der Waals surface area contributed by atoms with Gasteiger partial charge in [-0.05, 0) is 24.6 Å². The first-order valence-electron chi connectivity index (χ1n) is 3.97. The molecule has 4 nitrogen and oxygen atoms in total. The van der Waals surface area contributed by atoms with Crippen LogP contribution in [0, 0.1) is 10.8 Å². The Labute approximate surface area is 74.9 Å². The number of nitrogens with zero attached hydrogens (tertiary/aromatic N) is 1. The Morgan fingerprint density at radius 2 is 2.58 bits per heavy atom. The van der Waals surface area contributed by atoms with Gasteiger partial charge >= 0.3 is 4.84 Å². The standard InChI is InChI=1S/C7H10N2O2S/c12-7-8-6(9-11-7)3-5-1-2-10-4-5/h5H,1-4H2,(H,8,9,12).